The Hall–Kier alpha value is -1.94. The molecule has 0 fully saturated rings. The Balaban J connectivity index is 1.95. The van der Waals surface area contributed by atoms with Crippen molar-refractivity contribution in [1.29, 1.82) is 0 Å². The molecule has 0 unspecified atom stereocenters. The number of rotatable bonds is 6. The molecule has 1 aromatic heterocycles. The van der Waals surface area contributed by atoms with Gasteiger partial charge in [-0.2, -0.15) is 0 Å². The molecule has 100 valence electrons. The molecule has 1 N–H and O–H groups in total. The average Bonchev–Trinajstić information content (AvgIpc) is 2.46. The van der Waals surface area contributed by atoms with Crippen LogP contribution in [0.4, 0.5) is 5.82 Å². The number of anilines is 1. The van der Waals surface area contributed by atoms with E-state index in [0.717, 1.165) is 24.6 Å². The molecular weight excluding hydrogens is 236 g/mol. The van der Waals surface area contributed by atoms with E-state index in [2.05, 4.69) is 51.5 Å². The van der Waals surface area contributed by atoms with Gasteiger partial charge in [0.25, 0.3) is 0 Å². The summed E-state index contributed by atoms with van der Waals surface area (Å²) in [6.07, 6.45) is 2.83. The number of nitrogens with zero attached hydrogens (tertiary/aromatic N) is 3. The minimum atomic E-state index is 0.695. The van der Waals surface area contributed by atoms with Crippen LogP contribution in [0.2, 0.25) is 0 Å². The Morgan fingerprint density at radius 2 is 1.95 bits per heavy atom. The molecule has 0 radical (unpaired) electrons. The summed E-state index contributed by atoms with van der Waals surface area (Å²) in [7, 11) is 3.96. The van der Waals surface area contributed by atoms with Gasteiger partial charge in [-0.1, -0.05) is 30.3 Å². The quantitative estimate of drug-likeness (QED) is 0.856. The van der Waals surface area contributed by atoms with Crippen LogP contribution in [0.3, 0.4) is 0 Å². The first-order valence-electron chi connectivity index (χ1n) is 6.51. The maximum Gasteiger partial charge on any atom is 0.144 e. The first-order valence-corrected chi connectivity index (χ1v) is 6.51. The van der Waals surface area contributed by atoms with Crippen LogP contribution in [0.15, 0.2) is 42.6 Å². The molecule has 2 rings (SSSR count). The van der Waals surface area contributed by atoms with E-state index in [4.69, 9.17) is 0 Å². The lowest BCUT2D eigenvalue weighted by Gasteiger charge is -2.18. The normalized spacial score (nSPS) is 10.4. The molecule has 1 aromatic carbocycles. The fraction of sp³-hybridized carbons (Fsp3) is 0.333. The third-order valence-electron chi connectivity index (χ3n) is 3.00. The molecule has 2 aromatic rings. The van der Waals surface area contributed by atoms with Crippen molar-refractivity contribution in [2.45, 2.75) is 13.0 Å². The maximum atomic E-state index is 4.53. The van der Waals surface area contributed by atoms with Gasteiger partial charge in [-0.15, -0.1) is 0 Å². The lowest BCUT2D eigenvalue weighted by molar-refractivity contribution is 0.749. The van der Waals surface area contributed by atoms with E-state index >= 15 is 0 Å². The summed E-state index contributed by atoms with van der Waals surface area (Å²) < 4.78 is 0. The SMILES string of the molecule is CNCc1nccc(N(C)CCc2ccccc2)n1. The second kappa shape index (κ2) is 6.85. The molecule has 0 aliphatic rings. The molecule has 4 heteroatoms. The highest BCUT2D eigenvalue weighted by atomic mass is 15.2. The molecule has 0 atom stereocenters. The Morgan fingerprint density at radius 3 is 2.68 bits per heavy atom. The predicted molar refractivity (Wildman–Crippen MR) is 78.2 cm³/mol. The summed E-state index contributed by atoms with van der Waals surface area (Å²) in [4.78, 5) is 10.9. The molecule has 0 amide bonds. The summed E-state index contributed by atoms with van der Waals surface area (Å²) in [5.74, 6) is 1.79. The Morgan fingerprint density at radius 1 is 1.16 bits per heavy atom. The van der Waals surface area contributed by atoms with Crippen LogP contribution in [0.5, 0.6) is 0 Å². The van der Waals surface area contributed by atoms with Crippen LogP contribution < -0.4 is 10.2 Å². The van der Waals surface area contributed by atoms with Crippen molar-refractivity contribution in [3.8, 4) is 0 Å². The second-order valence-corrected chi connectivity index (χ2v) is 4.52. The van der Waals surface area contributed by atoms with E-state index in [1.54, 1.807) is 0 Å². The van der Waals surface area contributed by atoms with Gasteiger partial charge >= 0.3 is 0 Å². The van der Waals surface area contributed by atoms with Gasteiger partial charge in [0.05, 0.1) is 6.54 Å². The number of hydrogen-bond acceptors (Lipinski definition) is 4. The molecule has 0 aliphatic heterocycles. The van der Waals surface area contributed by atoms with Gasteiger partial charge in [-0.25, -0.2) is 9.97 Å². The van der Waals surface area contributed by atoms with Crippen LogP contribution in [-0.2, 0) is 13.0 Å². The molecular formula is C15H20N4. The highest BCUT2D eigenvalue weighted by Gasteiger charge is 2.04. The number of likely N-dealkylation sites (N-methyl/N-ethyl adjacent to an activating group) is 1. The van der Waals surface area contributed by atoms with Crippen LogP contribution in [-0.4, -0.2) is 30.6 Å². The van der Waals surface area contributed by atoms with Gasteiger partial charge in [0.2, 0.25) is 0 Å². The third-order valence-corrected chi connectivity index (χ3v) is 3.00. The minimum Gasteiger partial charge on any atom is -0.359 e. The zero-order chi connectivity index (χ0) is 13.5. The molecule has 0 spiro atoms. The summed E-state index contributed by atoms with van der Waals surface area (Å²) >= 11 is 0. The largest absolute Gasteiger partial charge is 0.359 e. The highest BCUT2D eigenvalue weighted by Crippen LogP contribution is 2.09. The van der Waals surface area contributed by atoms with E-state index in [1.807, 2.05) is 25.4 Å². The summed E-state index contributed by atoms with van der Waals surface area (Å²) in [6, 6.07) is 12.4. The van der Waals surface area contributed by atoms with Gasteiger partial charge in [-0.3, -0.25) is 0 Å². The molecule has 0 saturated heterocycles. The fourth-order valence-electron chi connectivity index (χ4n) is 1.90. The maximum absolute atomic E-state index is 4.53. The fourth-order valence-corrected chi connectivity index (χ4v) is 1.90. The van der Waals surface area contributed by atoms with Crippen LogP contribution in [0.1, 0.15) is 11.4 Å². The van der Waals surface area contributed by atoms with Gasteiger partial charge in [0.15, 0.2) is 0 Å². The van der Waals surface area contributed by atoms with Crippen molar-refractivity contribution in [3.63, 3.8) is 0 Å². The van der Waals surface area contributed by atoms with Crippen molar-refractivity contribution in [2.75, 3.05) is 25.5 Å². The van der Waals surface area contributed by atoms with Crippen LogP contribution in [0, 0.1) is 0 Å². The summed E-state index contributed by atoms with van der Waals surface area (Å²) in [5, 5.41) is 3.06. The summed E-state index contributed by atoms with van der Waals surface area (Å²) in [5.41, 5.74) is 1.35. The second-order valence-electron chi connectivity index (χ2n) is 4.52. The van der Waals surface area contributed by atoms with Crippen molar-refractivity contribution < 1.29 is 0 Å². The Kier molecular flexibility index (Phi) is 4.86. The summed E-state index contributed by atoms with van der Waals surface area (Å²) in [6.45, 7) is 1.64. The zero-order valence-electron chi connectivity index (χ0n) is 11.5. The van der Waals surface area contributed by atoms with Gasteiger partial charge in [0, 0.05) is 19.8 Å². The molecule has 19 heavy (non-hydrogen) atoms. The van der Waals surface area contributed by atoms with Crippen molar-refractivity contribution in [2.24, 2.45) is 0 Å². The van der Waals surface area contributed by atoms with Crippen molar-refractivity contribution in [3.05, 3.63) is 54.0 Å². The standard InChI is InChI=1S/C15H20N4/c1-16-12-14-17-10-8-15(18-14)19(2)11-9-13-6-4-3-5-7-13/h3-8,10,16H,9,11-12H2,1-2H3. The number of aromatic nitrogens is 2. The van der Waals surface area contributed by atoms with E-state index in [0.29, 0.717) is 6.54 Å². The van der Waals surface area contributed by atoms with Crippen molar-refractivity contribution >= 4 is 5.82 Å². The van der Waals surface area contributed by atoms with Crippen LogP contribution in [0.25, 0.3) is 0 Å². The first kappa shape index (κ1) is 13.5. The predicted octanol–water partition coefficient (Wildman–Crippen LogP) is 1.87. The first-order chi connectivity index (χ1) is 9.29. The van der Waals surface area contributed by atoms with Crippen LogP contribution >= 0.6 is 0 Å². The molecule has 4 nitrogen and oxygen atoms in total. The molecule has 1 heterocycles. The van der Waals surface area contributed by atoms with Gasteiger partial charge in [-0.05, 0) is 25.1 Å². The van der Waals surface area contributed by atoms with E-state index in [9.17, 15) is 0 Å². The average molecular weight is 256 g/mol. The number of hydrogen-bond donors (Lipinski definition) is 1. The third kappa shape index (κ3) is 4.03. The van der Waals surface area contributed by atoms with E-state index < -0.39 is 0 Å². The zero-order valence-corrected chi connectivity index (χ0v) is 11.5. The lowest BCUT2D eigenvalue weighted by atomic mass is 10.1. The van der Waals surface area contributed by atoms with E-state index in [-0.39, 0.29) is 0 Å². The number of nitrogens with one attached hydrogen (secondary N) is 1. The smallest absolute Gasteiger partial charge is 0.144 e. The highest BCUT2D eigenvalue weighted by molar-refractivity contribution is 5.36. The Labute approximate surface area is 114 Å². The topological polar surface area (TPSA) is 41.1 Å². The molecule has 0 saturated carbocycles. The number of benzene rings is 1. The van der Waals surface area contributed by atoms with E-state index in [1.165, 1.54) is 5.56 Å². The Bertz CT molecular complexity index is 499. The van der Waals surface area contributed by atoms with Gasteiger partial charge in [0.1, 0.15) is 11.6 Å². The van der Waals surface area contributed by atoms with Gasteiger partial charge < -0.3 is 10.2 Å². The lowest BCUT2D eigenvalue weighted by Crippen LogP contribution is -2.22. The monoisotopic (exact) mass is 256 g/mol. The minimum absolute atomic E-state index is 0.695. The van der Waals surface area contributed by atoms with Crippen molar-refractivity contribution in [1.82, 2.24) is 15.3 Å². The molecule has 0 bridgehead atoms. The molecule has 0 aliphatic carbocycles.